The van der Waals surface area contributed by atoms with Crippen LogP contribution in [0, 0.1) is 0 Å². The third-order valence-corrected chi connectivity index (χ3v) is 6.16. The van der Waals surface area contributed by atoms with Crippen molar-refractivity contribution < 1.29 is 19.1 Å². The Hall–Kier alpha value is -3.55. The van der Waals surface area contributed by atoms with E-state index in [1.54, 1.807) is 51.4 Å². The summed E-state index contributed by atoms with van der Waals surface area (Å²) in [5, 5.41) is 3.17. The van der Waals surface area contributed by atoms with Gasteiger partial charge in [0.1, 0.15) is 17.3 Å². The number of methoxy groups -OCH3 is 2. The second kappa shape index (κ2) is 9.52. The summed E-state index contributed by atoms with van der Waals surface area (Å²) in [5.74, 6) is 2.09. The summed E-state index contributed by atoms with van der Waals surface area (Å²) in [4.78, 5) is 34.9. The summed E-state index contributed by atoms with van der Waals surface area (Å²) >= 11 is 0. The van der Waals surface area contributed by atoms with Gasteiger partial charge in [-0.05, 0) is 49.6 Å². The smallest absolute Gasteiger partial charge is 0.253 e. The highest BCUT2D eigenvalue weighted by Crippen LogP contribution is 2.33. The average molecular weight is 451 g/mol. The molecule has 2 atom stereocenters. The second-order valence-electron chi connectivity index (χ2n) is 8.69. The van der Waals surface area contributed by atoms with Crippen LogP contribution in [0.2, 0.25) is 0 Å². The first-order valence-electron chi connectivity index (χ1n) is 11.1. The van der Waals surface area contributed by atoms with Gasteiger partial charge in [0.2, 0.25) is 0 Å². The third kappa shape index (κ3) is 4.94. The molecule has 1 aliphatic rings. The monoisotopic (exact) mass is 450 g/mol. The van der Waals surface area contributed by atoms with Crippen LogP contribution in [0.3, 0.4) is 0 Å². The van der Waals surface area contributed by atoms with Crippen LogP contribution < -0.4 is 14.8 Å². The highest BCUT2D eigenvalue weighted by atomic mass is 16.5. The van der Waals surface area contributed by atoms with E-state index >= 15 is 0 Å². The molecule has 33 heavy (non-hydrogen) atoms. The molecule has 3 aromatic rings. The van der Waals surface area contributed by atoms with Crippen LogP contribution in [-0.2, 0) is 0 Å². The normalized spacial score (nSPS) is 18.1. The number of nitrogens with zero attached hydrogens (tertiary/aromatic N) is 2. The van der Waals surface area contributed by atoms with Gasteiger partial charge in [-0.15, -0.1) is 0 Å². The lowest BCUT2D eigenvalue weighted by atomic mass is 9.85. The van der Waals surface area contributed by atoms with Gasteiger partial charge in [-0.25, -0.2) is 4.98 Å². The van der Waals surface area contributed by atoms with Crippen molar-refractivity contribution in [1.82, 2.24) is 20.2 Å². The maximum Gasteiger partial charge on any atom is 0.253 e. The standard InChI is InChI=1S/C25H30N4O4/c1-29(2)25(31)16-8-9-21-22(13-16)28-23(27-21)15-6-5-7-18(10-15)26-24(30)17-11-19(32-3)14-20(12-17)33-4/h8-9,11-15,18H,5-7,10H2,1-4H3,(H,26,30)(H,27,28)/t15?,18-/m0/s1. The third-order valence-electron chi connectivity index (χ3n) is 6.16. The first kappa shape index (κ1) is 22.6. The fraction of sp³-hybridized carbons (Fsp3) is 0.400. The predicted molar refractivity (Wildman–Crippen MR) is 126 cm³/mol. The molecular weight excluding hydrogens is 420 g/mol. The lowest BCUT2D eigenvalue weighted by Gasteiger charge is -2.28. The lowest BCUT2D eigenvalue weighted by molar-refractivity contribution is 0.0827. The van der Waals surface area contributed by atoms with E-state index in [4.69, 9.17) is 14.5 Å². The number of nitrogens with one attached hydrogen (secondary N) is 2. The van der Waals surface area contributed by atoms with Crippen molar-refractivity contribution in [2.45, 2.75) is 37.6 Å². The summed E-state index contributed by atoms with van der Waals surface area (Å²) in [6.07, 6.45) is 3.72. The Bertz CT molecular complexity index is 1150. The lowest BCUT2D eigenvalue weighted by Crippen LogP contribution is -2.38. The number of aromatic nitrogens is 2. The van der Waals surface area contributed by atoms with E-state index in [1.165, 1.54) is 0 Å². The Balaban J connectivity index is 1.48. The first-order chi connectivity index (χ1) is 15.9. The molecule has 0 bridgehead atoms. The van der Waals surface area contributed by atoms with Crippen LogP contribution in [0.25, 0.3) is 11.0 Å². The van der Waals surface area contributed by atoms with Gasteiger partial charge in [0.15, 0.2) is 0 Å². The SMILES string of the molecule is COc1cc(OC)cc(C(=O)N[C@H]2CCCC(c3nc4ccc(C(=O)N(C)C)cc4[nH]3)C2)c1. The fourth-order valence-corrected chi connectivity index (χ4v) is 4.39. The highest BCUT2D eigenvalue weighted by Gasteiger charge is 2.27. The molecule has 1 saturated carbocycles. The number of aromatic amines is 1. The van der Waals surface area contributed by atoms with Crippen molar-refractivity contribution in [3.63, 3.8) is 0 Å². The van der Waals surface area contributed by atoms with E-state index in [0.29, 0.717) is 22.6 Å². The molecule has 1 unspecified atom stereocenters. The number of ether oxygens (including phenoxy) is 2. The van der Waals surface area contributed by atoms with Gasteiger partial charge < -0.3 is 24.7 Å². The van der Waals surface area contributed by atoms with E-state index in [1.807, 2.05) is 18.2 Å². The quantitative estimate of drug-likeness (QED) is 0.596. The first-order valence-corrected chi connectivity index (χ1v) is 11.1. The molecular formula is C25H30N4O4. The summed E-state index contributed by atoms with van der Waals surface area (Å²) in [5.41, 5.74) is 2.84. The van der Waals surface area contributed by atoms with Crippen LogP contribution in [0.15, 0.2) is 36.4 Å². The van der Waals surface area contributed by atoms with Gasteiger partial charge in [0.05, 0.1) is 25.3 Å². The molecule has 1 fully saturated rings. The van der Waals surface area contributed by atoms with Gasteiger partial charge in [0, 0.05) is 43.2 Å². The molecule has 1 heterocycles. The summed E-state index contributed by atoms with van der Waals surface area (Å²) in [6, 6.07) is 10.8. The van der Waals surface area contributed by atoms with Crippen molar-refractivity contribution in [3.8, 4) is 11.5 Å². The highest BCUT2D eigenvalue weighted by molar-refractivity contribution is 5.97. The van der Waals surface area contributed by atoms with Gasteiger partial charge in [-0.3, -0.25) is 9.59 Å². The van der Waals surface area contributed by atoms with Crippen molar-refractivity contribution in [3.05, 3.63) is 53.3 Å². The molecule has 0 saturated heterocycles. The van der Waals surface area contributed by atoms with E-state index in [-0.39, 0.29) is 23.8 Å². The van der Waals surface area contributed by atoms with Gasteiger partial charge in [0.25, 0.3) is 11.8 Å². The van der Waals surface area contributed by atoms with E-state index in [2.05, 4.69) is 10.3 Å². The zero-order valence-corrected chi connectivity index (χ0v) is 19.5. The minimum absolute atomic E-state index is 0.0392. The molecule has 1 aliphatic carbocycles. The molecule has 0 aliphatic heterocycles. The van der Waals surface area contributed by atoms with E-state index in [9.17, 15) is 9.59 Å². The Kier molecular flexibility index (Phi) is 6.53. The number of rotatable bonds is 6. The molecule has 2 aromatic carbocycles. The molecule has 1 aromatic heterocycles. The number of amides is 2. The van der Waals surface area contributed by atoms with Crippen molar-refractivity contribution in [2.24, 2.45) is 0 Å². The zero-order chi connectivity index (χ0) is 23.5. The summed E-state index contributed by atoms with van der Waals surface area (Å²) in [6.45, 7) is 0. The number of fused-ring (bicyclic) bond motifs is 1. The van der Waals surface area contributed by atoms with Crippen LogP contribution in [0.1, 0.15) is 58.1 Å². The minimum Gasteiger partial charge on any atom is -0.497 e. The Morgan fingerprint density at radius 1 is 1.03 bits per heavy atom. The van der Waals surface area contributed by atoms with Crippen LogP contribution in [0.4, 0.5) is 0 Å². The number of H-pyrrole nitrogens is 1. The topological polar surface area (TPSA) is 96.6 Å². The van der Waals surface area contributed by atoms with Gasteiger partial charge in [-0.1, -0.05) is 6.42 Å². The van der Waals surface area contributed by atoms with E-state index < -0.39 is 0 Å². The Morgan fingerprint density at radius 2 is 1.76 bits per heavy atom. The Morgan fingerprint density at radius 3 is 2.42 bits per heavy atom. The van der Waals surface area contributed by atoms with Crippen LogP contribution >= 0.6 is 0 Å². The van der Waals surface area contributed by atoms with Gasteiger partial charge >= 0.3 is 0 Å². The number of benzene rings is 2. The zero-order valence-electron chi connectivity index (χ0n) is 19.5. The molecule has 2 N–H and O–H groups in total. The maximum absolute atomic E-state index is 12.9. The predicted octanol–water partition coefficient (Wildman–Crippen LogP) is 3.74. The number of carbonyl (C=O) groups excluding carboxylic acids is 2. The molecule has 174 valence electrons. The van der Waals surface area contributed by atoms with Crippen molar-refractivity contribution in [2.75, 3.05) is 28.3 Å². The molecule has 0 radical (unpaired) electrons. The second-order valence-corrected chi connectivity index (χ2v) is 8.69. The number of hydrogen-bond donors (Lipinski definition) is 2. The average Bonchev–Trinajstić information content (AvgIpc) is 3.26. The largest absolute Gasteiger partial charge is 0.497 e. The van der Waals surface area contributed by atoms with E-state index in [0.717, 1.165) is 42.5 Å². The molecule has 4 rings (SSSR count). The molecule has 8 nitrogen and oxygen atoms in total. The number of imidazole rings is 1. The maximum atomic E-state index is 12.9. The Labute approximate surface area is 193 Å². The molecule has 0 spiro atoms. The van der Waals surface area contributed by atoms with Gasteiger partial charge in [-0.2, -0.15) is 0 Å². The minimum atomic E-state index is -0.144. The van der Waals surface area contributed by atoms with Crippen LogP contribution in [-0.4, -0.2) is 61.0 Å². The van der Waals surface area contributed by atoms with Crippen LogP contribution in [0.5, 0.6) is 11.5 Å². The summed E-state index contributed by atoms with van der Waals surface area (Å²) in [7, 11) is 6.61. The number of hydrogen-bond acceptors (Lipinski definition) is 5. The molecule has 2 amide bonds. The summed E-state index contributed by atoms with van der Waals surface area (Å²) < 4.78 is 10.6. The van der Waals surface area contributed by atoms with Crippen molar-refractivity contribution in [1.29, 1.82) is 0 Å². The van der Waals surface area contributed by atoms with Crippen molar-refractivity contribution >= 4 is 22.8 Å². The molecule has 8 heteroatoms. The fourth-order valence-electron chi connectivity index (χ4n) is 4.39. The number of carbonyl (C=O) groups is 2.